The molecule has 0 bridgehead atoms. The molecule has 0 saturated heterocycles. The van der Waals surface area contributed by atoms with E-state index >= 15 is 0 Å². The highest BCUT2D eigenvalue weighted by Crippen LogP contribution is 2.33. The molecule has 1 atom stereocenters. The highest BCUT2D eigenvalue weighted by atomic mass is 16.5. The Morgan fingerprint density at radius 3 is 2.55 bits per heavy atom. The van der Waals surface area contributed by atoms with Gasteiger partial charge < -0.3 is 15.0 Å². The third-order valence-electron chi connectivity index (χ3n) is 4.49. The van der Waals surface area contributed by atoms with Crippen LogP contribution in [0.5, 0.6) is 0 Å². The first-order valence-corrected chi connectivity index (χ1v) is 8.99. The lowest BCUT2D eigenvalue weighted by molar-refractivity contribution is -0.149. The van der Waals surface area contributed by atoms with Gasteiger partial charge in [0.05, 0.1) is 24.1 Å². The van der Waals surface area contributed by atoms with Crippen molar-refractivity contribution >= 4 is 29.5 Å². The van der Waals surface area contributed by atoms with Crippen LogP contribution in [0.1, 0.15) is 36.1 Å². The summed E-state index contributed by atoms with van der Waals surface area (Å²) >= 11 is 0. The first kappa shape index (κ1) is 19.8. The van der Waals surface area contributed by atoms with Gasteiger partial charge in [-0.2, -0.15) is 5.26 Å². The van der Waals surface area contributed by atoms with E-state index in [2.05, 4.69) is 5.32 Å². The summed E-state index contributed by atoms with van der Waals surface area (Å²) in [5.74, 6) is -1.26. The molecular formula is C22H19N3O4. The Balaban J connectivity index is 1.59. The SMILES string of the molecule is CC(=O)N1C=Cc2ccccc2[C@H]1CC(=O)OCC(=O)Nc1ccc(C#N)cc1. The second-order valence-corrected chi connectivity index (χ2v) is 6.49. The fourth-order valence-electron chi connectivity index (χ4n) is 3.10. The van der Waals surface area contributed by atoms with Crippen molar-refractivity contribution in [3.8, 4) is 6.07 Å². The topological polar surface area (TPSA) is 99.5 Å². The average molecular weight is 389 g/mol. The minimum atomic E-state index is -0.582. The molecule has 0 saturated carbocycles. The van der Waals surface area contributed by atoms with Gasteiger partial charge in [0.25, 0.3) is 5.91 Å². The summed E-state index contributed by atoms with van der Waals surface area (Å²) < 4.78 is 5.10. The predicted molar refractivity (Wildman–Crippen MR) is 106 cm³/mol. The van der Waals surface area contributed by atoms with Crippen molar-refractivity contribution < 1.29 is 19.1 Å². The van der Waals surface area contributed by atoms with Crippen molar-refractivity contribution in [1.29, 1.82) is 5.26 Å². The molecule has 7 nitrogen and oxygen atoms in total. The van der Waals surface area contributed by atoms with E-state index in [1.54, 1.807) is 30.5 Å². The van der Waals surface area contributed by atoms with Crippen molar-refractivity contribution in [3.63, 3.8) is 0 Å². The van der Waals surface area contributed by atoms with E-state index < -0.39 is 24.5 Å². The number of benzene rings is 2. The number of rotatable bonds is 5. The lowest BCUT2D eigenvalue weighted by Gasteiger charge is -2.32. The third-order valence-corrected chi connectivity index (χ3v) is 4.49. The van der Waals surface area contributed by atoms with Gasteiger partial charge in [-0.1, -0.05) is 24.3 Å². The Kier molecular flexibility index (Phi) is 6.05. The quantitative estimate of drug-likeness (QED) is 0.793. The molecule has 0 radical (unpaired) electrons. The summed E-state index contributed by atoms with van der Waals surface area (Å²) in [4.78, 5) is 37.8. The minimum Gasteiger partial charge on any atom is -0.455 e. The highest BCUT2D eigenvalue weighted by molar-refractivity contribution is 5.93. The van der Waals surface area contributed by atoms with Gasteiger partial charge in [0.2, 0.25) is 5.91 Å². The maximum Gasteiger partial charge on any atom is 0.308 e. The van der Waals surface area contributed by atoms with Crippen LogP contribution in [0.2, 0.25) is 0 Å². The van der Waals surface area contributed by atoms with Crippen LogP contribution in [0.15, 0.2) is 54.7 Å². The Bertz CT molecular complexity index is 1010. The van der Waals surface area contributed by atoms with E-state index in [1.807, 2.05) is 36.4 Å². The number of hydrogen-bond acceptors (Lipinski definition) is 5. The van der Waals surface area contributed by atoms with Gasteiger partial charge in [-0.05, 0) is 41.5 Å². The summed E-state index contributed by atoms with van der Waals surface area (Å²) in [6.07, 6.45) is 3.41. The molecule has 1 heterocycles. The van der Waals surface area contributed by atoms with Gasteiger partial charge in [0, 0.05) is 18.8 Å². The lowest BCUT2D eigenvalue weighted by Crippen LogP contribution is -2.33. The molecule has 0 aliphatic carbocycles. The summed E-state index contributed by atoms with van der Waals surface area (Å²) in [5, 5.41) is 11.4. The third kappa shape index (κ3) is 4.87. The molecule has 3 rings (SSSR count). The molecule has 1 aliphatic heterocycles. The molecule has 2 aromatic carbocycles. The van der Waals surface area contributed by atoms with Gasteiger partial charge in [-0.25, -0.2) is 0 Å². The molecule has 1 N–H and O–H groups in total. The van der Waals surface area contributed by atoms with E-state index in [-0.39, 0.29) is 12.3 Å². The van der Waals surface area contributed by atoms with Crippen molar-refractivity contribution in [2.45, 2.75) is 19.4 Å². The Morgan fingerprint density at radius 2 is 1.86 bits per heavy atom. The predicted octanol–water partition coefficient (Wildman–Crippen LogP) is 3.00. The van der Waals surface area contributed by atoms with Crippen LogP contribution < -0.4 is 5.32 Å². The van der Waals surface area contributed by atoms with E-state index in [4.69, 9.17) is 10.00 Å². The molecule has 2 aromatic rings. The van der Waals surface area contributed by atoms with Crippen LogP contribution in [0.3, 0.4) is 0 Å². The van der Waals surface area contributed by atoms with Gasteiger partial charge in [0.1, 0.15) is 0 Å². The zero-order valence-electron chi connectivity index (χ0n) is 15.8. The van der Waals surface area contributed by atoms with E-state index in [9.17, 15) is 14.4 Å². The zero-order valence-corrected chi connectivity index (χ0v) is 15.8. The molecule has 29 heavy (non-hydrogen) atoms. The number of carbonyl (C=O) groups is 3. The van der Waals surface area contributed by atoms with Gasteiger partial charge >= 0.3 is 5.97 Å². The molecule has 1 aliphatic rings. The summed E-state index contributed by atoms with van der Waals surface area (Å²) in [7, 11) is 0. The highest BCUT2D eigenvalue weighted by Gasteiger charge is 2.28. The number of ether oxygens (including phenoxy) is 1. The fraction of sp³-hybridized carbons (Fsp3) is 0.182. The Morgan fingerprint density at radius 1 is 1.14 bits per heavy atom. The fourth-order valence-corrected chi connectivity index (χ4v) is 3.10. The van der Waals surface area contributed by atoms with Crippen LogP contribution in [-0.2, 0) is 19.1 Å². The van der Waals surface area contributed by atoms with Crippen LogP contribution in [0, 0.1) is 11.3 Å². The number of nitrogens with one attached hydrogen (secondary N) is 1. The number of hydrogen-bond donors (Lipinski definition) is 1. The first-order chi connectivity index (χ1) is 14.0. The van der Waals surface area contributed by atoms with Gasteiger partial charge in [0.15, 0.2) is 6.61 Å². The van der Waals surface area contributed by atoms with Crippen molar-refractivity contribution in [2.75, 3.05) is 11.9 Å². The maximum absolute atomic E-state index is 12.3. The Labute approximate surface area is 168 Å². The molecule has 7 heteroatoms. The smallest absolute Gasteiger partial charge is 0.308 e. The lowest BCUT2D eigenvalue weighted by atomic mass is 9.94. The summed E-state index contributed by atoms with van der Waals surface area (Å²) in [6, 6.07) is 15.3. The van der Waals surface area contributed by atoms with Gasteiger partial charge in [-0.15, -0.1) is 0 Å². The van der Waals surface area contributed by atoms with Crippen LogP contribution in [0.25, 0.3) is 6.08 Å². The minimum absolute atomic E-state index is 0.0644. The molecule has 2 amide bonds. The molecule has 0 spiro atoms. The number of anilines is 1. The Hall–Kier alpha value is -3.92. The number of nitriles is 1. The summed E-state index contributed by atoms with van der Waals surface area (Å²) in [6.45, 7) is 0.991. The normalized spacial score (nSPS) is 14.5. The van der Waals surface area contributed by atoms with Crippen molar-refractivity contribution in [3.05, 3.63) is 71.4 Å². The molecule has 0 unspecified atom stereocenters. The standard InChI is InChI=1S/C22H19N3O4/c1-15(26)25-11-10-17-4-2-3-5-19(17)20(25)12-22(28)29-14-21(27)24-18-8-6-16(13-23)7-9-18/h2-11,20H,12,14H2,1H3,(H,24,27)/t20-/m1/s1. The number of amides is 2. The maximum atomic E-state index is 12.3. The van der Waals surface area contributed by atoms with Gasteiger partial charge in [-0.3, -0.25) is 14.4 Å². The average Bonchev–Trinajstić information content (AvgIpc) is 2.73. The van der Waals surface area contributed by atoms with E-state index in [0.29, 0.717) is 11.3 Å². The summed E-state index contributed by atoms with van der Waals surface area (Å²) in [5.41, 5.74) is 2.76. The zero-order chi connectivity index (χ0) is 20.8. The van der Waals surface area contributed by atoms with E-state index in [1.165, 1.54) is 11.8 Å². The number of esters is 1. The molecule has 0 fully saturated rings. The molecule has 146 valence electrons. The number of carbonyl (C=O) groups excluding carboxylic acids is 3. The monoisotopic (exact) mass is 389 g/mol. The van der Waals surface area contributed by atoms with E-state index in [0.717, 1.165) is 11.1 Å². The second kappa shape index (κ2) is 8.85. The largest absolute Gasteiger partial charge is 0.455 e. The van der Waals surface area contributed by atoms with Crippen LogP contribution >= 0.6 is 0 Å². The van der Waals surface area contributed by atoms with Crippen LogP contribution in [-0.4, -0.2) is 29.3 Å². The van der Waals surface area contributed by atoms with Crippen LogP contribution in [0.4, 0.5) is 5.69 Å². The molecular weight excluding hydrogens is 370 g/mol. The first-order valence-electron chi connectivity index (χ1n) is 8.99. The number of fused-ring (bicyclic) bond motifs is 1. The number of nitrogens with zero attached hydrogens (tertiary/aromatic N) is 2. The second-order valence-electron chi connectivity index (χ2n) is 6.49. The van der Waals surface area contributed by atoms with Crippen molar-refractivity contribution in [1.82, 2.24) is 4.90 Å². The van der Waals surface area contributed by atoms with Crippen molar-refractivity contribution in [2.24, 2.45) is 0 Å². The molecule has 0 aromatic heterocycles.